The van der Waals surface area contributed by atoms with Crippen molar-refractivity contribution in [3.05, 3.63) is 0 Å². The maximum Gasteiger partial charge on any atom is 0.308 e. The number of aliphatic hydroxyl groups excluding tert-OH is 1. The fourth-order valence-electron chi connectivity index (χ4n) is 1.97. The molecular formula is C11H21NO5S2. The molecule has 6 nitrogen and oxygen atoms in total. The van der Waals surface area contributed by atoms with Gasteiger partial charge in [-0.25, -0.2) is 8.42 Å². The summed E-state index contributed by atoms with van der Waals surface area (Å²) in [7, 11) is -3.18. The summed E-state index contributed by atoms with van der Waals surface area (Å²) in [6, 6.07) is 0. The molecule has 0 aromatic rings. The van der Waals surface area contributed by atoms with Gasteiger partial charge in [0.1, 0.15) is 5.37 Å². The quantitative estimate of drug-likeness (QED) is 0.675. The summed E-state index contributed by atoms with van der Waals surface area (Å²) >= 11 is 1.59. The Morgan fingerprint density at radius 3 is 2.84 bits per heavy atom. The topological polar surface area (TPSA) is 83.9 Å². The van der Waals surface area contributed by atoms with Crippen LogP contribution in [0.2, 0.25) is 0 Å². The van der Waals surface area contributed by atoms with Crippen LogP contribution in [-0.4, -0.2) is 73.3 Å². The summed E-state index contributed by atoms with van der Waals surface area (Å²) < 4.78 is 28.1. The van der Waals surface area contributed by atoms with Crippen LogP contribution in [0.5, 0.6) is 0 Å². The molecule has 1 heterocycles. The van der Waals surface area contributed by atoms with Gasteiger partial charge in [-0.15, -0.1) is 0 Å². The van der Waals surface area contributed by atoms with Crippen LogP contribution in [0.15, 0.2) is 0 Å². The number of hydrogen-bond donors (Lipinski definition) is 1. The van der Waals surface area contributed by atoms with Gasteiger partial charge in [0.05, 0.1) is 19.1 Å². The van der Waals surface area contributed by atoms with E-state index in [9.17, 15) is 18.3 Å². The first-order valence-electron chi connectivity index (χ1n) is 6.19. The van der Waals surface area contributed by atoms with Crippen LogP contribution in [0.3, 0.4) is 0 Å². The lowest BCUT2D eigenvalue weighted by Crippen LogP contribution is -2.49. The number of nitrogens with zero attached hydrogens (tertiary/aromatic N) is 1. The van der Waals surface area contributed by atoms with E-state index in [2.05, 4.69) is 0 Å². The second-order valence-corrected chi connectivity index (χ2v) is 7.87. The zero-order chi connectivity index (χ0) is 14.5. The summed E-state index contributed by atoms with van der Waals surface area (Å²) in [5.74, 6) is 0.876. The number of β-amino-alcohol motifs (C(OH)–C–C–N with tert-alkyl or cyclic N) is 1. The molecule has 1 saturated heterocycles. The fourth-order valence-corrected chi connectivity index (χ4v) is 4.92. The van der Waals surface area contributed by atoms with Crippen LogP contribution in [0.25, 0.3) is 0 Å². The van der Waals surface area contributed by atoms with E-state index in [4.69, 9.17) is 4.74 Å². The van der Waals surface area contributed by atoms with Gasteiger partial charge in [0.25, 0.3) is 0 Å². The van der Waals surface area contributed by atoms with Gasteiger partial charge in [0.2, 0.25) is 0 Å². The highest BCUT2D eigenvalue weighted by molar-refractivity contribution is 8.00. The Morgan fingerprint density at radius 1 is 1.58 bits per heavy atom. The molecule has 0 aliphatic carbocycles. The van der Waals surface area contributed by atoms with E-state index in [1.807, 2.05) is 0 Å². The summed E-state index contributed by atoms with van der Waals surface area (Å²) in [6.45, 7) is 2.75. The van der Waals surface area contributed by atoms with Crippen molar-refractivity contribution in [1.82, 2.24) is 4.90 Å². The van der Waals surface area contributed by atoms with E-state index in [-0.39, 0.29) is 19.6 Å². The average molecular weight is 311 g/mol. The first-order valence-corrected chi connectivity index (χ1v) is 9.30. The van der Waals surface area contributed by atoms with Crippen molar-refractivity contribution in [2.75, 3.05) is 37.5 Å². The number of carbonyl (C=O) groups excluding carboxylic acids is 1. The summed E-state index contributed by atoms with van der Waals surface area (Å²) in [4.78, 5) is 13.0. The van der Waals surface area contributed by atoms with Gasteiger partial charge in [-0.05, 0) is 6.92 Å². The Labute approximate surface area is 118 Å². The molecule has 2 atom stereocenters. The van der Waals surface area contributed by atoms with E-state index in [1.165, 1.54) is 6.26 Å². The third kappa shape index (κ3) is 5.68. The molecule has 1 aliphatic rings. The lowest BCUT2D eigenvalue weighted by molar-refractivity contribution is -0.145. The zero-order valence-electron chi connectivity index (χ0n) is 11.2. The highest BCUT2D eigenvalue weighted by Gasteiger charge is 2.32. The number of carbonyl (C=O) groups is 1. The van der Waals surface area contributed by atoms with E-state index >= 15 is 0 Å². The minimum Gasteiger partial charge on any atom is -0.466 e. The SMILES string of the molecule is CCOC(=O)CC(O)CN1CCSCC1S(C)(=O)=O. The van der Waals surface area contributed by atoms with Gasteiger partial charge in [-0.2, -0.15) is 11.8 Å². The van der Waals surface area contributed by atoms with E-state index in [0.29, 0.717) is 12.3 Å². The van der Waals surface area contributed by atoms with Crippen molar-refractivity contribution in [3.8, 4) is 0 Å². The molecule has 112 valence electrons. The molecule has 2 unspecified atom stereocenters. The van der Waals surface area contributed by atoms with Gasteiger partial charge in [-0.3, -0.25) is 9.69 Å². The number of aliphatic hydroxyl groups is 1. The van der Waals surface area contributed by atoms with Gasteiger partial charge < -0.3 is 9.84 Å². The van der Waals surface area contributed by atoms with Gasteiger partial charge in [0.15, 0.2) is 9.84 Å². The first kappa shape index (κ1) is 16.7. The zero-order valence-corrected chi connectivity index (χ0v) is 12.9. The van der Waals surface area contributed by atoms with E-state index in [0.717, 1.165) is 5.75 Å². The van der Waals surface area contributed by atoms with Crippen LogP contribution < -0.4 is 0 Å². The fraction of sp³-hybridized carbons (Fsp3) is 0.909. The van der Waals surface area contributed by atoms with E-state index in [1.54, 1.807) is 23.6 Å². The molecule has 0 aromatic heterocycles. The van der Waals surface area contributed by atoms with Crippen LogP contribution in [0.4, 0.5) is 0 Å². The molecule has 0 aromatic carbocycles. The van der Waals surface area contributed by atoms with E-state index < -0.39 is 27.3 Å². The molecule has 8 heteroatoms. The highest BCUT2D eigenvalue weighted by atomic mass is 32.2. The van der Waals surface area contributed by atoms with Gasteiger partial charge in [0, 0.05) is 30.9 Å². The molecule has 0 bridgehead atoms. The number of esters is 1. The lowest BCUT2D eigenvalue weighted by Gasteiger charge is -2.35. The minimum atomic E-state index is -3.18. The molecule has 19 heavy (non-hydrogen) atoms. The molecule has 1 aliphatic heterocycles. The van der Waals surface area contributed by atoms with Gasteiger partial charge in [-0.1, -0.05) is 0 Å². The Morgan fingerprint density at radius 2 is 2.26 bits per heavy atom. The Balaban J connectivity index is 2.55. The maximum atomic E-state index is 11.7. The lowest BCUT2D eigenvalue weighted by atomic mass is 10.2. The smallest absolute Gasteiger partial charge is 0.308 e. The molecule has 0 spiro atoms. The van der Waals surface area contributed by atoms with Crippen molar-refractivity contribution in [1.29, 1.82) is 0 Å². The number of thioether (sulfide) groups is 1. The number of rotatable bonds is 6. The summed E-state index contributed by atoms with van der Waals surface area (Å²) in [6.07, 6.45) is 0.203. The molecule has 1 fully saturated rings. The second kappa shape index (κ2) is 7.47. The normalized spacial score (nSPS) is 23.0. The number of hydrogen-bond acceptors (Lipinski definition) is 7. The van der Waals surface area contributed by atoms with Crippen molar-refractivity contribution < 1.29 is 23.1 Å². The molecule has 0 saturated carbocycles. The first-order chi connectivity index (χ1) is 8.84. The monoisotopic (exact) mass is 311 g/mol. The Hall–Kier alpha value is -0.310. The van der Waals surface area contributed by atoms with Crippen LogP contribution in [0.1, 0.15) is 13.3 Å². The Bertz CT molecular complexity index is 398. The van der Waals surface area contributed by atoms with Crippen molar-refractivity contribution >= 4 is 27.6 Å². The second-order valence-electron chi connectivity index (χ2n) is 4.52. The predicted octanol–water partition coefficient (Wildman–Crippen LogP) is -0.280. The van der Waals surface area contributed by atoms with Crippen LogP contribution >= 0.6 is 11.8 Å². The van der Waals surface area contributed by atoms with Gasteiger partial charge >= 0.3 is 5.97 Å². The Kier molecular flexibility index (Phi) is 6.58. The number of ether oxygens (including phenoxy) is 1. The summed E-state index contributed by atoms with van der Waals surface area (Å²) in [5.41, 5.74) is 0. The average Bonchev–Trinajstić information content (AvgIpc) is 2.28. The molecular weight excluding hydrogens is 290 g/mol. The molecule has 1 rings (SSSR count). The standard InChI is InChI=1S/C11H21NO5S2/c1-3-17-11(14)6-9(13)7-12-4-5-18-8-10(12)19(2,15)16/h9-10,13H,3-8H2,1-2H3. The largest absolute Gasteiger partial charge is 0.466 e. The molecule has 0 amide bonds. The maximum absolute atomic E-state index is 11.7. The van der Waals surface area contributed by atoms with Crippen molar-refractivity contribution in [2.24, 2.45) is 0 Å². The number of sulfone groups is 1. The molecule has 0 radical (unpaired) electrons. The highest BCUT2D eigenvalue weighted by Crippen LogP contribution is 2.20. The predicted molar refractivity (Wildman–Crippen MR) is 74.8 cm³/mol. The summed E-state index contributed by atoms with van der Waals surface area (Å²) in [5, 5.41) is 9.26. The third-order valence-corrected chi connectivity index (χ3v) is 5.52. The third-order valence-electron chi connectivity index (χ3n) is 2.84. The minimum absolute atomic E-state index is 0.103. The molecule has 1 N–H and O–H groups in total. The van der Waals surface area contributed by atoms with Crippen molar-refractivity contribution in [2.45, 2.75) is 24.8 Å². The van der Waals surface area contributed by atoms with Crippen LogP contribution in [-0.2, 0) is 19.4 Å². The van der Waals surface area contributed by atoms with Crippen molar-refractivity contribution in [3.63, 3.8) is 0 Å². The van der Waals surface area contributed by atoms with Crippen LogP contribution in [0, 0.1) is 0 Å².